The Bertz CT molecular complexity index is 611. The van der Waals surface area contributed by atoms with Gasteiger partial charge in [-0.25, -0.2) is 4.98 Å². The molecule has 2 rings (SSSR count). The lowest BCUT2D eigenvalue weighted by Gasteiger charge is -2.08. The maximum atomic E-state index is 10.6. The second-order valence-corrected chi connectivity index (χ2v) is 4.46. The molecule has 0 spiro atoms. The molecule has 0 aliphatic heterocycles. The highest BCUT2D eigenvalue weighted by Crippen LogP contribution is 2.18. The molecule has 0 fully saturated rings. The molecule has 0 amide bonds. The summed E-state index contributed by atoms with van der Waals surface area (Å²) in [5, 5.41) is 13.8. The second-order valence-electron chi connectivity index (χ2n) is 4.46. The van der Waals surface area contributed by atoms with Crippen LogP contribution in [-0.4, -0.2) is 9.91 Å². The summed E-state index contributed by atoms with van der Waals surface area (Å²) < 4.78 is 0. The summed E-state index contributed by atoms with van der Waals surface area (Å²) in [5.74, 6) is 0.673. The van der Waals surface area contributed by atoms with Crippen LogP contribution in [-0.2, 0) is 6.54 Å². The van der Waals surface area contributed by atoms with Crippen molar-refractivity contribution >= 4 is 11.5 Å². The number of benzene rings is 1. The molecule has 0 unspecified atom stereocenters. The molecule has 0 atom stereocenters. The van der Waals surface area contributed by atoms with Crippen LogP contribution in [0.3, 0.4) is 0 Å². The van der Waals surface area contributed by atoms with Gasteiger partial charge in [-0.15, -0.1) is 0 Å². The number of aromatic nitrogens is 1. The van der Waals surface area contributed by atoms with Crippen molar-refractivity contribution in [3.8, 4) is 0 Å². The molecule has 19 heavy (non-hydrogen) atoms. The predicted molar refractivity (Wildman–Crippen MR) is 74.1 cm³/mol. The van der Waals surface area contributed by atoms with E-state index < -0.39 is 4.92 Å². The fourth-order valence-electron chi connectivity index (χ4n) is 1.85. The van der Waals surface area contributed by atoms with Gasteiger partial charge in [-0.2, -0.15) is 0 Å². The van der Waals surface area contributed by atoms with Gasteiger partial charge in [-0.05, 0) is 25.0 Å². The molecule has 1 heterocycles. The Labute approximate surface area is 111 Å². The molecule has 1 aromatic heterocycles. The summed E-state index contributed by atoms with van der Waals surface area (Å²) in [6.45, 7) is 4.49. The molecule has 98 valence electrons. The quantitative estimate of drug-likeness (QED) is 0.674. The van der Waals surface area contributed by atoms with Crippen LogP contribution in [0.2, 0.25) is 0 Å². The van der Waals surface area contributed by atoms with E-state index in [-0.39, 0.29) is 5.69 Å². The zero-order chi connectivity index (χ0) is 13.8. The minimum absolute atomic E-state index is 0.0126. The minimum atomic E-state index is -0.440. The molecule has 5 heteroatoms. The third-order valence-corrected chi connectivity index (χ3v) is 2.82. The van der Waals surface area contributed by atoms with Crippen molar-refractivity contribution in [1.29, 1.82) is 0 Å². The van der Waals surface area contributed by atoms with Gasteiger partial charge >= 0.3 is 0 Å². The summed E-state index contributed by atoms with van der Waals surface area (Å²) in [7, 11) is 0. The number of nitrogens with one attached hydrogen (secondary N) is 1. The number of hydrogen-bond acceptors (Lipinski definition) is 4. The Morgan fingerprint density at radius 1 is 1.32 bits per heavy atom. The highest BCUT2D eigenvalue weighted by Gasteiger charge is 2.09. The first kappa shape index (κ1) is 13.0. The van der Waals surface area contributed by atoms with Crippen LogP contribution in [0.1, 0.15) is 16.7 Å². The van der Waals surface area contributed by atoms with Gasteiger partial charge in [0.2, 0.25) is 0 Å². The summed E-state index contributed by atoms with van der Waals surface area (Å²) in [6, 6.07) is 9.68. The maximum absolute atomic E-state index is 10.6. The molecular formula is C14H15N3O2. The van der Waals surface area contributed by atoms with Crippen molar-refractivity contribution in [2.45, 2.75) is 20.4 Å². The van der Waals surface area contributed by atoms with E-state index in [9.17, 15) is 10.1 Å². The lowest BCUT2D eigenvalue weighted by atomic mass is 10.1. The molecule has 1 aromatic carbocycles. The summed E-state index contributed by atoms with van der Waals surface area (Å²) in [5.41, 5.74) is 3.13. The van der Waals surface area contributed by atoms with Gasteiger partial charge in [0.05, 0.1) is 4.92 Å². The van der Waals surface area contributed by atoms with Crippen LogP contribution < -0.4 is 5.32 Å². The second kappa shape index (κ2) is 5.48. The molecule has 0 bridgehead atoms. The van der Waals surface area contributed by atoms with Gasteiger partial charge < -0.3 is 5.32 Å². The van der Waals surface area contributed by atoms with Gasteiger partial charge in [0.25, 0.3) is 5.69 Å². The Kier molecular flexibility index (Phi) is 3.75. The van der Waals surface area contributed by atoms with Crippen molar-refractivity contribution in [3.63, 3.8) is 0 Å². The van der Waals surface area contributed by atoms with Gasteiger partial charge in [0, 0.05) is 12.6 Å². The van der Waals surface area contributed by atoms with Crippen LogP contribution in [0, 0.1) is 24.0 Å². The van der Waals surface area contributed by atoms with Crippen molar-refractivity contribution in [1.82, 2.24) is 4.98 Å². The first-order valence-corrected chi connectivity index (χ1v) is 5.97. The van der Waals surface area contributed by atoms with Gasteiger partial charge in [-0.1, -0.05) is 29.8 Å². The standard InChI is InChI=1S/C14H15N3O2/c1-10-4-3-5-12(6-10)8-15-14-11(2)7-13(9-16-14)17(18)19/h3-7,9H,8H2,1-2H3,(H,15,16). The van der Waals surface area contributed by atoms with Crippen molar-refractivity contribution in [2.75, 3.05) is 5.32 Å². The molecule has 0 radical (unpaired) electrons. The van der Waals surface area contributed by atoms with Crippen LogP contribution in [0.25, 0.3) is 0 Å². The first-order chi connectivity index (χ1) is 9.06. The van der Waals surface area contributed by atoms with E-state index in [2.05, 4.69) is 16.4 Å². The molecule has 2 aromatic rings. The lowest BCUT2D eigenvalue weighted by molar-refractivity contribution is -0.385. The largest absolute Gasteiger partial charge is 0.366 e. The van der Waals surface area contributed by atoms with E-state index in [0.717, 1.165) is 11.1 Å². The number of rotatable bonds is 4. The van der Waals surface area contributed by atoms with E-state index in [1.165, 1.54) is 17.8 Å². The highest BCUT2D eigenvalue weighted by molar-refractivity contribution is 5.48. The molecule has 0 saturated carbocycles. The van der Waals surface area contributed by atoms with Crippen LogP contribution in [0.15, 0.2) is 36.5 Å². The van der Waals surface area contributed by atoms with E-state index in [0.29, 0.717) is 12.4 Å². The SMILES string of the molecule is Cc1cccc(CNc2ncc([N+](=O)[O-])cc2C)c1. The molecule has 0 saturated heterocycles. The van der Waals surface area contributed by atoms with E-state index in [1.54, 1.807) is 6.92 Å². The summed E-state index contributed by atoms with van der Waals surface area (Å²) >= 11 is 0. The normalized spacial score (nSPS) is 10.2. The molecule has 0 aliphatic carbocycles. The number of nitro groups is 1. The Morgan fingerprint density at radius 3 is 2.74 bits per heavy atom. The number of pyridine rings is 1. The van der Waals surface area contributed by atoms with E-state index in [1.807, 2.05) is 25.1 Å². The average Bonchev–Trinajstić information content (AvgIpc) is 2.37. The summed E-state index contributed by atoms with van der Waals surface area (Å²) in [4.78, 5) is 14.3. The number of anilines is 1. The fraction of sp³-hybridized carbons (Fsp3) is 0.214. The zero-order valence-electron chi connectivity index (χ0n) is 10.9. The Hall–Kier alpha value is -2.43. The van der Waals surface area contributed by atoms with Gasteiger partial charge in [0.1, 0.15) is 12.0 Å². The molecule has 0 aliphatic rings. The minimum Gasteiger partial charge on any atom is -0.366 e. The highest BCUT2D eigenvalue weighted by atomic mass is 16.6. The number of hydrogen-bond donors (Lipinski definition) is 1. The average molecular weight is 257 g/mol. The van der Waals surface area contributed by atoms with Crippen molar-refractivity contribution < 1.29 is 4.92 Å². The third kappa shape index (κ3) is 3.28. The lowest BCUT2D eigenvalue weighted by Crippen LogP contribution is -2.04. The molecule has 5 nitrogen and oxygen atoms in total. The van der Waals surface area contributed by atoms with Crippen LogP contribution in [0.4, 0.5) is 11.5 Å². The topological polar surface area (TPSA) is 68.1 Å². The van der Waals surface area contributed by atoms with Gasteiger partial charge in [-0.3, -0.25) is 10.1 Å². The monoisotopic (exact) mass is 257 g/mol. The first-order valence-electron chi connectivity index (χ1n) is 5.97. The van der Waals surface area contributed by atoms with E-state index in [4.69, 9.17) is 0 Å². The van der Waals surface area contributed by atoms with Crippen LogP contribution in [0.5, 0.6) is 0 Å². The van der Waals surface area contributed by atoms with Crippen molar-refractivity contribution in [2.24, 2.45) is 0 Å². The predicted octanol–water partition coefficient (Wildman–Crippen LogP) is 3.22. The Morgan fingerprint density at radius 2 is 2.11 bits per heavy atom. The smallest absolute Gasteiger partial charge is 0.287 e. The molecule has 1 N–H and O–H groups in total. The van der Waals surface area contributed by atoms with Crippen LogP contribution >= 0.6 is 0 Å². The van der Waals surface area contributed by atoms with Crippen molar-refractivity contribution in [3.05, 3.63) is 63.3 Å². The number of nitrogens with zero attached hydrogens (tertiary/aromatic N) is 2. The Balaban J connectivity index is 2.10. The molecular weight excluding hydrogens is 242 g/mol. The number of aryl methyl sites for hydroxylation is 2. The van der Waals surface area contributed by atoms with E-state index >= 15 is 0 Å². The summed E-state index contributed by atoms with van der Waals surface area (Å²) in [6.07, 6.45) is 1.27. The maximum Gasteiger partial charge on any atom is 0.287 e. The zero-order valence-corrected chi connectivity index (χ0v) is 10.9. The third-order valence-electron chi connectivity index (χ3n) is 2.82. The van der Waals surface area contributed by atoms with Gasteiger partial charge in [0.15, 0.2) is 0 Å². The fourth-order valence-corrected chi connectivity index (χ4v) is 1.85.